The molecule has 3 aromatic carbocycles. The maximum Gasteiger partial charge on any atom is 0.416 e. The Labute approximate surface area is 285 Å². The van der Waals surface area contributed by atoms with Gasteiger partial charge in [-0.3, -0.25) is 4.36 Å². The number of alkyl halides is 3. The molecule has 1 aromatic heterocycles. The van der Waals surface area contributed by atoms with E-state index >= 15 is 4.39 Å². The standard InChI is InChI=1S/C32H32F5N8O4S/c1-4-49-31(47)44-50(48)22-8-5-7-21(17-22)40-29-39-18-23(28(43-29)38-13-6-14-45(2)3)19-9-12-26(25(34)15-19)41-30(46)42-27-16-20(32(35,36)37)10-11-24(27)33/h5,7-12,15-18H,4,6,13-14H2,1-3H3,(H2,41,42,46)(H2,38,39,40,43)/q-1. The number of anilines is 5. The summed E-state index contributed by atoms with van der Waals surface area (Å²) in [5.41, 5.74) is -1.10. The van der Waals surface area contributed by atoms with E-state index in [-0.39, 0.29) is 23.1 Å². The molecule has 4 N–H and O–H groups in total. The second-order valence-electron chi connectivity index (χ2n) is 10.7. The molecule has 0 saturated carbocycles. The van der Waals surface area contributed by atoms with Crippen LogP contribution in [0.2, 0.25) is 0 Å². The van der Waals surface area contributed by atoms with Crippen LogP contribution in [0.3, 0.4) is 0 Å². The zero-order chi connectivity index (χ0) is 36.4. The molecule has 0 spiro atoms. The molecule has 4 aromatic rings. The lowest BCUT2D eigenvalue weighted by Crippen LogP contribution is -2.21. The molecular formula is C32H32F5N8O4S-. The first-order chi connectivity index (χ1) is 23.7. The first kappa shape index (κ1) is 37.5. The van der Waals surface area contributed by atoms with E-state index in [4.69, 9.17) is 4.74 Å². The monoisotopic (exact) mass is 719 g/mol. The van der Waals surface area contributed by atoms with Crippen LogP contribution in [0.4, 0.5) is 60.4 Å². The molecule has 0 aliphatic carbocycles. The van der Waals surface area contributed by atoms with Crippen LogP contribution in [0.5, 0.6) is 0 Å². The van der Waals surface area contributed by atoms with Crippen LogP contribution in [0.15, 0.2) is 76.1 Å². The molecule has 18 heteroatoms. The van der Waals surface area contributed by atoms with E-state index in [9.17, 15) is 31.4 Å². The van der Waals surface area contributed by atoms with Crippen molar-refractivity contribution in [2.24, 2.45) is 4.36 Å². The number of rotatable bonds is 12. The van der Waals surface area contributed by atoms with Crippen LogP contribution < -0.4 is 21.3 Å². The molecule has 0 aliphatic heterocycles. The topological polar surface area (TPSA) is 150 Å². The normalized spacial score (nSPS) is 12.0. The van der Waals surface area contributed by atoms with Gasteiger partial charge in [0.05, 0.1) is 23.5 Å². The van der Waals surface area contributed by atoms with Gasteiger partial charge in [-0.1, -0.05) is 29.2 Å². The van der Waals surface area contributed by atoms with E-state index in [2.05, 4.69) is 30.3 Å². The van der Waals surface area contributed by atoms with Crippen LogP contribution in [-0.4, -0.2) is 60.8 Å². The second kappa shape index (κ2) is 16.8. The van der Waals surface area contributed by atoms with Gasteiger partial charge in [-0.05, 0) is 75.9 Å². The Morgan fingerprint density at radius 2 is 1.74 bits per heavy atom. The number of amides is 3. The number of hydrogen-bond acceptors (Lipinski definition) is 10. The molecule has 12 nitrogen and oxygen atoms in total. The molecule has 0 atom stereocenters. The third kappa shape index (κ3) is 10.6. The van der Waals surface area contributed by atoms with Crippen LogP contribution in [0.25, 0.3) is 11.1 Å². The Hall–Kier alpha value is -5.36. The van der Waals surface area contributed by atoms with E-state index in [0.29, 0.717) is 47.4 Å². The Kier molecular flexibility index (Phi) is 12.6. The minimum atomic E-state index is -4.77. The highest BCUT2D eigenvalue weighted by atomic mass is 32.2. The van der Waals surface area contributed by atoms with E-state index in [1.54, 1.807) is 19.1 Å². The van der Waals surface area contributed by atoms with Gasteiger partial charge in [0, 0.05) is 24.0 Å². The number of halogens is 5. The van der Waals surface area contributed by atoms with Crippen molar-refractivity contribution in [3.63, 3.8) is 0 Å². The van der Waals surface area contributed by atoms with Crippen molar-refractivity contribution >= 4 is 51.5 Å². The summed E-state index contributed by atoms with van der Waals surface area (Å²) >= 11 is 0. The summed E-state index contributed by atoms with van der Waals surface area (Å²) in [5.74, 6) is -1.55. The largest absolute Gasteiger partial charge is 0.450 e. The summed E-state index contributed by atoms with van der Waals surface area (Å²) in [6, 6.07) is 10.4. The second-order valence-corrected chi connectivity index (χ2v) is 11.9. The summed E-state index contributed by atoms with van der Waals surface area (Å²) < 4.78 is 89.1. The molecular weight excluding hydrogens is 687 g/mol. The minimum absolute atomic E-state index is 0.0828. The van der Waals surface area contributed by atoms with Crippen LogP contribution in [-0.2, 0) is 25.7 Å². The molecule has 0 aliphatic rings. The third-order valence-corrected chi connectivity index (χ3v) is 7.62. The number of carbonyl (C=O) groups excluding carboxylic acids is 2. The smallest absolute Gasteiger partial charge is 0.416 e. The predicted octanol–water partition coefficient (Wildman–Crippen LogP) is 7.85. The average molecular weight is 720 g/mol. The quantitative estimate of drug-likeness (QED) is 0.0652. The van der Waals surface area contributed by atoms with Gasteiger partial charge >= 0.3 is 18.3 Å². The van der Waals surface area contributed by atoms with Crippen molar-refractivity contribution < 1.29 is 40.5 Å². The van der Waals surface area contributed by atoms with E-state index in [0.717, 1.165) is 19.0 Å². The van der Waals surface area contributed by atoms with Crippen LogP contribution in [0, 0.1) is 11.6 Å². The molecule has 4 rings (SSSR count). The fourth-order valence-electron chi connectivity index (χ4n) is 4.33. The molecule has 0 fully saturated rings. The van der Waals surface area contributed by atoms with Crippen molar-refractivity contribution in [1.29, 1.82) is 0 Å². The summed E-state index contributed by atoms with van der Waals surface area (Å²) in [7, 11) is 1.83. The van der Waals surface area contributed by atoms with Gasteiger partial charge in [-0.25, -0.2) is 23.4 Å². The fourth-order valence-corrected chi connectivity index (χ4v) is 5.05. The summed E-state index contributed by atoms with van der Waals surface area (Å²) in [6.07, 6.45) is -3.55. The summed E-state index contributed by atoms with van der Waals surface area (Å²) in [4.78, 5) is 35.2. The Bertz CT molecular complexity index is 1940. The number of aromatic nitrogens is 2. The van der Waals surface area contributed by atoms with Crippen LogP contribution in [0.1, 0.15) is 18.9 Å². The van der Waals surface area contributed by atoms with E-state index < -0.39 is 51.8 Å². The van der Waals surface area contributed by atoms with Gasteiger partial charge in [0.15, 0.2) is 0 Å². The highest BCUT2D eigenvalue weighted by molar-refractivity contribution is 7.75. The number of benzene rings is 3. The van der Waals surface area contributed by atoms with Gasteiger partial charge in [-0.2, -0.15) is 18.2 Å². The van der Waals surface area contributed by atoms with Crippen molar-refractivity contribution in [2.75, 3.05) is 55.1 Å². The zero-order valence-electron chi connectivity index (χ0n) is 26.9. The lowest BCUT2D eigenvalue weighted by Gasteiger charge is -2.16. The third-order valence-electron chi connectivity index (χ3n) is 6.65. The first-order valence-corrected chi connectivity index (χ1v) is 16.0. The number of ether oxygens (including phenoxy) is 1. The molecule has 266 valence electrons. The molecule has 1 heterocycles. The molecule has 0 bridgehead atoms. The molecule has 0 unspecified atom stereocenters. The lowest BCUT2D eigenvalue weighted by molar-refractivity contribution is -0.137. The van der Waals surface area contributed by atoms with Gasteiger partial charge < -0.3 is 35.1 Å². The lowest BCUT2D eigenvalue weighted by atomic mass is 10.1. The Morgan fingerprint density at radius 1 is 0.980 bits per heavy atom. The molecule has 50 heavy (non-hydrogen) atoms. The minimum Gasteiger partial charge on any atom is -0.450 e. The average Bonchev–Trinajstić information content (AvgIpc) is 3.05. The SMILES string of the molecule is CCOC(=O)N=[S-](=O)c1cccc(Nc2ncc(-c3ccc(NC(=O)Nc4cc(C(F)(F)F)ccc4F)c(F)c3)c(NCCCN(C)C)n2)c1. The van der Waals surface area contributed by atoms with Crippen molar-refractivity contribution in [2.45, 2.75) is 24.4 Å². The maximum absolute atomic E-state index is 15.2. The number of nitrogens with zero attached hydrogens (tertiary/aromatic N) is 4. The highest BCUT2D eigenvalue weighted by Crippen LogP contribution is 2.33. The predicted molar refractivity (Wildman–Crippen MR) is 179 cm³/mol. The molecule has 0 saturated heterocycles. The first-order valence-electron chi connectivity index (χ1n) is 14.9. The van der Waals surface area contributed by atoms with E-state index in [1.807, 2.05) is 24.3 Å². The molecule has 0 radical (unpaired) electrons. The Morgan fingerprint density at radius 3 is 2.44 bits per heavy atom. The zero-order valence-corrected chi connectivity index (χ0v) is 27.7. The van der Waals surface area contributed by atoms with Gasteiger partial charge in [-0.15, -0.1) is 10.6 Å². The summed E-state index contributed by atoms with van der Waals surface area (Å²) in [5, 5.41) is 10.4. The van der Waals surface area contributed by atoms with Crippen molar-refractivity contribution in [1.82, 2.24) is 14.9 Å². The fraction of sp³-hybridized carbons (Fsp3) is 0.250. The highest BCUT2D eigenvalue weighted by Gasteiger charge is 2.31. The van der Waals surface area contributed by atoms with Crippen molar-refractivity contribution in [3.8, 4) is 11.1 Å². The van der Waals surface area contributed by atoms with Crippen molar-refractivity contribution in [3.05, 3.63) is 84.1 Å². The van der Waals surface area contributed by atoms with E-state index in [1.165, 1.54) is 30.5 Å². The number of urea groups is 1. The van der Waals surface area contributed by atoms with Gasteiger partial charge in [0.2, 0.25) is 5.95 Å². The van der Waals surface area contributed by atoms with Crippen LogP contribution >= 0.6 is 0 Å². The number of carbonyl (C=O) groups is 2. The maximum atomic E-state index is 15.2. The molecule has 3 amide bonds. The summed E-state index contributed by atoms with van der Waals surface area (Å²) in [6.45, 7) is 2.93. The van der Waals surface area contributed by atoms with Gasteiger partial charge in [0.25, 0.3) is 0 Å². The number of nitrogens with one attached hydrogen (secondary N) is 4. The van der Waals surface area contributed by atoms with Gasteiger partial charge in [0.1, 0.15) is 17.5 Å². The number of hydrogen-bond donors (Lipinski definition) is 4. The Balaban J connectivity index is 1.55.